The molecule has 0 aromatic heterocycles. The summed E-state index contributed by atoms with van der Waals surface area (Å²) in [4.78, 5) is 24.6. The lowest BCUT2D eigenvalue weighted by atomic mass is 9.86. The molecule has 2 aromatic carbocycles. The number of benzene rings is 2. The summed E-state index contributed by atoms with van der Waals surface area (Å²) in [5.41, 5.74) is 0.597. The van der Waals surface area contributed by atoms with Crippen LogP contribution in [0.5, 0.6) is 11.5 Å². The van der Waals surface area contributed by atoms with E-state index in [0.717, 1.165) is 12.1 Å². The van der Waals surface area contributed by atoms with E-state index in [1.807, 2.05) is 0 Å². The highest BCUT2D eigenvalue weighted by atomic mass is 35.5. The van der Waals surface area contributed by atoms with Gasteiger partial charge in [0.25, 0.3) is 5.91 Å². The van der Waals surface area contributed by atoms with E-state index in [9.17, 15) is 22.8 Å². The Bertz CT molecular complexity index is 1060. The van der Waals surface area contributed by atoms with Gasteiger partial charge in [0.15, 0.2) is 11.5 Å². The monoisotopic (exact) mass is 424 g/mol. The zero-order chi connectivity index (χ0) is 20.8. The average molecular weight is 425 g/mol. The number of rotatable bonds is 3. The first-order valence-electron chi connectivity index (χ1n) is 8.37. The van der Waals surface area contributed by atoms with Gasteiger partial charge in [-0.1, -0.05) is 23.7 Å². The van der Waals surface area contributed by atoms with Crippen molar-refractivity contribution >= 4 is 29.1 Å². The maximum Gasteiger partial charge on any atom is 0.586 e. The van der Waals surface area contributed by atoms with Crippen LogP contribution in [0.15, 0.2) is 48.2 Å². The maximum absolute atomic E-state index is 13.6. The number of fused-ring (bicyclic) bond motifs is 1. The van der Waals surface area contributed by atoms with E-state index < -0.39 is 23.9 Å². The second-order valence-corrected chi connectivity index (χ2v) is 6.79. The maximum atomic E-state index is 13.6. The summed E-state index contributed by atoms with van der Waals surface area (Å²) >= 11 is 6.05. The summed E-state index contributed by atoms with van der Waals surface area (Å²) in [7, 11) is 0. The number of ether oxygens (including phenoxy) is 2. The predicted octanol–water partition coefficient (Wildman–Crippen LogP) is 3.93. The van der Waals surface area contributed by atoms with Gasteiger partial charge < -0.3 is 20.1 Å². The van der Waals surface area contributed by atoms with Crippen molar-refractivity contribution < 1.29 is 32.2 Å². The van der Waals surface area contributed by atoms with Gasteiger partial charge in [-0.25, -0.2) is 4.39 Å². The largest absolute Gasteiger partial charge is 0.586 e. The molecule has 2 aromatic rings. The SMILES string of the molecule is O=C1CC(c2cccc(F)c2)C(C(=O)Nc2cc3c(cc2Cl)OC(F)(F)O3)=CN1. The van der Waals surface area contributed by atoms with E-state index in [-0.39, 0.29) is 40.1 Å². The Morgan fingerprint density at radius 2 is 1.93 bits per heavy atom. The van der Waals surface area contributed by atoms with Gasteiger partial charge in [0, 0.05) is 36.2 Å². The number of hydrogen-bond acceptors (Lipinski definition) is 4. The van der Waals surface area contributed by atoms with Crippen LogP contribution in [0.25, 0.3) is 0 Å². The third kappa shape index (κ3) is 3.86. The predicted molar refractivity (Wildman–Crippen MR) is 96.3 cm³/mol. The highest BCUT2D eigenvalue weighted by Gasteiger charge is 2.44. The van der Waals surface area contributed by atoms with Crippen LogP contribution in [0.3, 0.4) is 0 Å². The molecule has 0 fully saturated rings. The summed E-state index contributed by atoms with van der Waals surface area (Å²) in [6.07, 6.45) is -2.66. The van der Waals surface area contributed by atoms with Gasteiger partial charge in [-0.15, -0.1) is 8.78 Å². The molecule has 1 unspecified atom stereocenters. The third-order valence-corrected chi connectivity index (χ3v) is 4.72. The molecule has 0 saturated carbocycles. The quantitative estimate of drug-likeness (QED) is 0.783. The molecule has 0 bridgehead atoms. The minimum atomic E-state index is -3.83. The molecule has 2 heterocycles. The lowest BCUT2D eigenvalue weighted by molar-refractivity contribution is -0.286. The van der Waals surface area contributed by atoms with E-state index in [1.54, 1.807) is 6.07 Å². The third-order valence-electron chi connectivity index (χ3n) is 4.41. The molecule has 10 heteroatoms. The van der Waals surface area contributed by atoms with Crippen molar-refractivity contribution in [2.24, 2.45) is 0 Å². The molecule has 6 nitrogen and oxygen atoms in total. The Hall–Kier alpha value is -3.20. The molecule has 29 heavy (non-hydrogen) atoms. The summed E-state index contributed by atoms with van der Waals surface area (Å²) in [6, 6.07) is 7.76. The molecule has 0 aliphatic carbocycles. The molecular weight excluding hydrogens is 413 g/mol. The number of anilines is 1. The van der Waals surface area contributed by atoms with E-state index in [0.29, 0.717) is 5.56 Å². The van der Waals surface area contributed by atoms with Crippen LogP contribution < -0.4 is 20.1 Å². The Balaban J connectivity index is 1.61. The average Bonchev–Trinajstić information content (AvgIpc) is 2.94. The molecule has 0 spiro atoms. The van der Waals surface area contributed by atoms with Gasteiger partial charge >= 0.3 is 6.29 Å². The van der Waals surface area contributed by atoms with E-state index >= 15 is 0 Å². The van der Waals surface area contributed by atoms with Crippen LogP contribution in [0.2, 0.25) is 5.02 Å². The number of halogens is 4. The van der Waals surface area contributed by atoms with Gasteiger partial charge in [-0.05, 0) is 17.7 Å². The van der Waals surface area contributed by atoms with Crippen LogP contribution in [-0.2, 0) is 9.59 Å². The normalized spacial score (nSPS) is 19.4. The summed E-state index contributed by atoms with van der Waals surface area (Å²) < 4.78 is 48.7. The van der Waals surface area contributed by atoms with Gasteiger partial charge in [0.1, 0.15) is 5.82 Å². The Morgan fingerprint density at radius 3 is 2.66 bits per heavy atom. The zero-order valence-electron chi connectivity index (χ0n) is 14.5. The molecule has 2 aliphatic heterocycles. The van der Waals surface area contributed by atoms with Crippen LogP contribution in [-0.4, -0.2) is 18.1 Å². The van der Waals surface area contributed by atoms with Crippen molar-refractivity contribution in [3.05, 3.63) is 64.6 Å². The Kier molecular flexibility index (Phi) is 4.62. The number of nitrogens with one attached hydrogen (secondary N) is 2. The fourth-order valence-corrected chi connectivity index (χ4v) is 3.32. The van der Waals surface area contributed by atoms with Crippen molar-refractivity contribution in [2.45, 2.75) is 18.6 Å². The molecule has 4 rings (SSSR count). The minimum absolute atomic E-state index is 0.00695. The first-order valence-corrected chi connectivity index (χ1v) is 8.75. The van der Waals surface area contributed by atoms with Crippen LogP contribution in [0, 0.1) is 5.82 Å². The van der Waals surface area contributed by atoms with Crippen molar-refractivity contribution in [3.8, 4) is 11.5 Å². The summed E-state index contributed by atoms with van der Waals surface area (Å²) in [5.74, 6) is -2.74. The second kappa shape index (κ2) is 7.00. The van der Waals surface area contributed by atoms with Crippen molar-refractivity contribution in [1.82, 2.24) is 5.32 Å². The molecule has 0 saturated heterocycles. The van der Waals surface area contributed by atoms with Gasteiger partial charge in [0.2, 0.25) is 5.91 Å². The molecule has 150 valence electrons. The van der Waals surface area contributed by atoms with Crippen molar-refractivity contribution in [3.63, 3.8) is 0 Å². The highest BCUT2D eigenvalue weighted by Crippen LogP contribution is 2.45. The Morgan fingerprint density at radius 1 is 1.21 bits per heavy atom. The van der Waals surface area contributed by atoms with Crippen LogP contribution in [0.1, 0.15) is 17.9 Å². The van der Waals surface area contributed by atoms with Gasteiger partial charge in [-0.2, -0.15) is 0 Å². The molecular formula is C19H12ClF3N2O4. The number of carbonyl (C=O) groups excluding carboxylic acids is 2. The Labute approximate surface area is 167 Å². The summed E-state index contributed by atoms with van der Waals surface area (Å²) in [6.45, 7) is 0. The number of hydrogen-bond donors (Lipinski definition) is 2. The first-order chi connectivity index (χ1) is 13.7. The van der Waals surface area contributed by atoms with Crippen LogP contribution in [0.4, 0.5) is 18.9 Å². The lowest BCUT2D eigenvalue weighted by Crippen LogP contribution is -2.32. The van der Waals surface area contributed by atoms with Crippen LogP contribution >= 0.6 is 11.6 Å². The minimum Gasteiger partial charge on any atom is -0.395 e. The molecule has 2 aliphatic rings. The molecule has 2 N–H and O–H groups in total. The number of carbonyl (C=O) groups is 2. The second-order valence-electron chi connectivity index (χ2n) is 6.38. The molecule has 1 atom stereocenters. The number of alkyl halides is 2. The zero-order valence-corrected chi connectivity index (χ0v) is 15.2. The van der Waals surface area contributed by atoms with Gasteiger partial charge in [0.05, 0.1) is 10.7 Å². The van der Waals surface area contributed by atoms with Crippen molar-refractivity contribution in [2.75, 3.05) is 5.32 Å². The lowest BCUT2D eigenvalue weighted by Gasteiger charge is -2.24. The fourth-order valence-electron chi connectivity index (χ4n) is 3.12. The molecule has 2 amide bonds. The standard InChI is InChI=1S/C19H12ClF3N2O4/c20-13-6-15-16(29-19(22,23)28-15)7-14(13)25-18(27)12-8-24-17(26)5-11(12)9-2-1-3-10(21)4-9/h1-4,6-8,11H,5H2,(H,24,26)(H,25,27). The topological polar surface area (TPSA) is 76.7 Å². The van der Waals surface area contributed by atoms with Gasteiger partial charge in [-0.3, -0.25) is 9.59 Å². The smallest absolute Gasteiger partial charge is 0.395 e. The molecule has 0 radical (unpaired) electrons. The summed E-state index contributed by atoms with van der Waals surface area (Å²) in [5, 5.41) is 4.89. The fraction of sp³-hybridized carbons (Fsp3) is 0.158. The van der Waals surface area contributed by atoms with E-state index in [2.05, 4.69) is 20.1 Å². The first kappa shape index (κ1) is 19.1. The van der Waals surface area contributed by atoms with Crippen molar-refractivity contribution in [1.29, 1.82) is 0 Å². The van der Waals surface area contributed by atoms with E-state index in [1.165, 1.54) is 24.4 Å². The number of amides is 2. The van der Waals surface area contributed by atoms with E-state index in [4.69, 9.17) is 11.6 Å². The highest BCUT2D eigenvalue weighted by molar-refractivity contribution is 6.34.